The fourth-order valence-electron chi connectivity index (χ4n) is 2.14. The van der Waals surface area contributed by atoms with E-state index in [1.165, 1.54) is 12.1 Å². The Bertz CT molecular complexity index is 635. The Morgan fingerprint density at radius 3 is 2.60 bits per heavy atom. The molecule has 0 amide bonds. The predicted molar refractivity (Wildman–Crippen MR) is 79.8 cm³/mol. The van der Waals surface area contributed by atoms with Crippen LogP contribution in [0.1, 0.15) is 35.3 Å². The Morgan fingerprint density at radius 1 is 1.20 bits per heavy atom. The van der Waals surface area contributed by atoms with Crippen molar-refractivity contribution in [1.82, 2.24) is 0 Å². The van der Waals surface area contributed by atoms with Crippen LogP contribution in [0.5, 0.6) is 0 Å². The SMILES string of the molecule is CC(C)Cc1cccc(C(=O)c2ccc(F)cc2Cl)c1. The summed E-state index contributed by atoms with van der Waals surface area (Å²) in [6.07, 6.45) is 0.915. The summed E-state index contributed by atoms with van der Waals surface area (Å²) in [5, 5.41) is 0.143. The van der Waals surface area contributed by atoms with Crippen molar-refractivity contribution in [2.75, 3.05) is 0 Å². The first-order chi connectivity index (χ1) is 9.47. The molecule has 0 aliphatic rings. The lowest BCUT2D eigenvalue weighted by Gasteiger charge is -2.08. The second-order valence-corrected chi connectivity index (χ2v) is 5.66. The van der Waals surface area contributed by atoms with E-state index >= 15 is 0 Å². The van der Waals surface area contributed by atoms with Crippen molar-refractivity contribution in [3.8, 4) is 0 Å². The molecule has 0 aromatic heterocycles. The lowest BCUT2D eigenvalue weighted by atomic mass is 9.97. The Hall–Kier alpha value is -1.67. The van der Waals surface area contributed by atoms with Gasteiger partial charge < -0.3 is 0 Å². The lowest BCUT2D eigenvalue weighted by molar-refractivity contribution is 0.103. The minimum absolute atomic E-state index is 0.143. The number of rotatable bonds is 4. The lowest BCUT2D eigenvalue weighted by Crippen LogP contribution is -2.04. The highest BCUT2D eigenvalue weighted by molar-refractivity contribution is 6.35. The summed E-state index contributed by atoms with van der Waals surface area (Å²) in [5.74, 6) is -0.101. The number of carbonyl (C=O) groups excluding carboxylic acids is 1. The van der Waals surface area contributed by atoms with Gasteiger partial charge in [0.2, 0.25) is 0 Å². The Balaban J connectivity index is 2.33. The number of halogens is 2. The maximum atomic E-state index is 13.0. The zero-order valence-corrected chi connectivity index (χ0v) is 12.2. The number of hydrogen-bond donors (Lipinski definition) is 0. The van der Waals surface area contributed by atoms with Crippen LogP contribution in [0.2, 0.25) is 5.02 Å². The van der Waals surface area contributed by atoms with Gasteiger partial charge in [0.25, 0.3) is 0 Å². The highest BCUT2D eigenvalue weighted by Gasteiger charge is 2.14. The predicted octanol–water partition coefficient (Wildman–Crippen LogP) is 4.91. The van der Waals surface area contributed by atoms with Crippen molar-refractivity contribution in [1.29, 1.82) is 0 Å². The number of carbonyl (C=O) groups is 1. The maximum absolute atomic E-state index is 13.0. The minimum Gasteiger partial charge on any atom is -0.289 e. The smallest absolute Gasteiger partial charge is 0.194 e. The average Bonchev–Trinajstić information content (AvgIpc) is 2.37. The van der Waals surface area contributed by atoms with Gasteiger partial charge in [-0.15, -0.1) is 0 Å². The van der Waals surface area contributed by atoms with Crippen molar-refractivity contribution in [2.45, 2.75) is 20.3 Å². The van der Waals surface area contributed by atoms with Crippen molar-refractivity contribution in [3.63, 3.8) is 0 Å². The molecule has 2 aromatic rings. The molecule has 0 fully saturated rings. The molecule has 3 heteroatoms. The summed E-state index contributed by atoms with van der Waals surface area (Å²) >= 11 is 5.94. The van der Waals surface area contributed by atoms with Crippen LogP contribution in [-0.4, -0.2) is 5.78 Å². The van der Waals surface area contributed by atoms with E-state index in [1.54, 1.807) is 6.07 Å². The zero-order valence-electron chi connectivity index (χ0n) is 11.5. The molecular weight excluding hydrogens is 275 g/mol. The first kappa shape index (κ1) is 14.7. The average molecular weight is 291 g/mol. The summed E-state index contributed by atoms with van der Waals surface area (Å²) in [6.45, 7) is 4.26. The van der Waals surface area contributed by atoms with Crippen LogP contribution in [0.4, 0.5) is 4.39 Å². The quantitative estimate of drug-likeness (QED) is 0.731. The van der Waals surface area contributed by atoms with Crippen molar-refractivity contribution < 1.29 is 9.18 Å². The normalized spacial score (nSPS) is 10.8. The standard InChI is InChI=1S/C17H16ClFO/c1-11(2)8-12-4-3-5-13(9-12)17(20)15-7-6-14(19)10-16(15)18/h3-7,9-11H,8H2,1-2H3. The van der Waals surface area contributed by atoms with E-state index < -0.39 is 5.82 Å². The van der Waals surface area contributed by atoms with E-state index in [0.717, 1.165) is 18.1 Å². The van der Waals surface area contributed by atoms with Crippen molar-refractivity contribution >= 4 is 17.4 Å². The molecule has 0 saturated carbocycles. The first-order valence-corrected chi connectivity index (χ1v) is 6.94. The second kappa shape index (κ2) is 6.19. The van der Waals surface area contributed by atoms with Gasteiger partial charge in [0.05, 0.1) is 5.02 Å². The van der Waals surface area contributed by atoms with Crippen molar-refractivity contribution in [3.05, 3.63) is 70.0 Å². The molecule has 0 spiro atoms. The van der Waals surface area contributed by atoms with E-state index in [4.69, 9.17) is 11.6 Å². The third-order valence-corrected chi connectivity index (χ3v) is 3.32. The van der Waals surface area contributed by atoms with E-state index in [2.05, 4.69) is 13.8 Å². The van der Waals surface area contributed by atoms with Crippen LogP contribution in [0.3, 0.4) is 0 Å². The summed E-state index contributed by atoms with van der Waals surface area (Å²) in [5.41, 5.74) is 2.02. The molecule has 0 aliphatic carbocycles. The fourth-order valence-corrected chi connectivity index (χ4v) is 2.39. The van der Waals surface area contributed by atoms with Gasteiger partial charge in [-0.25, -0.2) is 4.39 Å². The van der Waals surface area contributed by atoms with E-state index in [-0.39, 0.29) is 10.8 Å². The third-order valence-electron chi connectivity index (χ3n) is 3.01. The topological polar surface area (TPSA) is 17.1 Å². The van der Waals surface area contributed by atoms with Gasteiger partial charge in [-0.3, -0.25) is 4.79 Å². The molecule has 0 atom stereocenters. The van der Waals surface area contributed by atoms with Gasteiger partial charge in [-0.2, -0.15) is 0 Å². The molecule has 1 nitrogen and oxygen atoms in total. The summed E-state index contributed by atoms with van der Waals surface area (Å²) in [7, 11) is 0. The minimum atomic E-state index is -0.444. The molecular formula is C17H16ClFO. The molecule has 104 valence electrons. The summed E-state index contributed by atoms with van der Waals surface area (Å²) < 4.78 is 13.0. The zero-order chi connectivity index (χ0) is 14.7. The first-order valence-electron chi connectivity index (χ1n) is 6.56. The van der Waals surface area contributed by atoms with Gasteiger partial charge in [0.1, 0.15) is 5.82 Å². The van der Waals surface area contributed by atoms with Crippen LogP contribution < -0.4 is 0 Å². The molecule has 0 radical (unpaired) electrons. The summed E-state index contributed by atoms with van der Waals surface area (Å²) in [4.78, 5) is 12.4. The highest BCUT2D eigenvalue weighted by Crippen LogP contribution is 2.21. The molecule has 2 aromatic carbocycles. The number of hydrogen-bond acceptors (Lipinski definition) is 1. The van der Waals surface area contributed by atoms with Gasteiger partial charge in [0.15, 0.2) is 5.78 Å². The number of benzene rings is 2. The Kier molecular flexibility index (Phi) is 4.56. The molecule has 0 aliphatic heterocycles. The van der Waals surface area contributed by atoms with Crippen LogP contribution in [0.25, 0.3) is 0 Å². The van der Waals surface area contributed by atoms with E-state index in [9.17, 15) is 9.18 Å². The van der Waals surface area contributed by atoms with Gasteiger partial charge in [-0.05, 0) is 42.2 Å². The molecule has 20 heavy (non-hydrogen) atoms. The number of ketones is 1. The van der Waals surface area contributed by atoms with E-state index in [1.807, 2.05) is 18.2 Å². The summed E-state index contributed by atoms with van der Waals surface area (Å²) in [6, 6.07) is 11.3. The molecule has 0 N–H and O–H groups in total. The monoisotopic (exact) mass is 290 g/mol. The fraction of sp³-hybridized carbons (Fsp3) is 0.235. The van der Waals surface area contributed by atoms with Gasteiger partial charge >= 0.3 is 0 Å². The Morgan fingerprint density at radius 2 is 1.95 bits per heavy atom. The second-order valence-electron chi connectivity index (χ2n) is 5.25. The third kappa shape index (κ3) is 3.45. The molecule has 2 rings (SSSR count). The van der Waals surface area contributed by atoms with Crippen LogP contribution in [0, 0.1) is 11.7 Å². The maximum Gasteiger partial charge on any atom is 0.194 e. The molecule has 0 bridgehead atoms. The van der Waals surface area contributed by atoms with Crippen molar-refractivity contribution in [2.24, 2.45) is 5.92 Å². The largest absolute Gasteiger partial charge is 0.289 e. The molecule has 0 saturated heterocycles. The van der Waals surface area contributed by atoms with Gasteiger partial charge in [0, 0.05) is 11.1 Å². The van der Waals surface area contributed by atoms with Crippen LogP contribution >= 0.6 is 11.6 Å². The van der Waals surface area contributed by atoms with Crippen LogP contribution in [-0.2, 0) is 6.42 Å². The van der Waals surface area contributed by atoms with Crippen LogP contribution in [0.15, 0.2) is 42.5 Å². The van der Waals surface area contributed by atoms with E-state index in [0.29, 0.717) is 17.0 Å². The van der Waals surface area contributed by atoms with Gasteiger partial charge in [-0.1, -0.05) is 43.6 Å². The molecule has 0 heterocycles. The highest BCUT2D eigenvalue weighted by atomic mass is 35.5. The molecule has 0 unspecified atom stereocenters. The Labute approximate surface area is 123 Å².